The number of nitrogens with one attached hydrogen (secondary N) is 1. The fourth-order valence-corrected chi connectivity index (χ4v) is 3.85. The van der Waals surface area contributed by atoms with Crippen LogP contribution in [0.25, 0.3) is 0 Å². The Morgan fingerprint density at radius 1 is 1.30 bits per heavy atom. The molecule has 2 amide bonds. The summed E-state index contributed by atoms with van der Waals surface area (Å²) in [5.41, 5.74) is 0.212. The molecule has 3 atom stereocenters. The van der Waals surface area contributed by atoms with E-state index in [-0.39, 0.29) is 17.7 Å². The molecule has 0 aliphatic carbocycles. The zero-order valence-electron chi connectivity index (χ0n) is 13.1. The van der Waals surface area contributed by atoms with E-state index in [9.17, 15) is 9.59 Å². The van der Waals surface area contributed by atoms with Crippen LogP contribution in [0.5, 0.6) is 5.75 Å². The maximum absolute atomic E-state index is 12.9. The number of piperidine rings is 1. The molecule has 2 bridgehead atoms. The molecule has 0 saturated carbocycles. The van der Waals surface area contributed by atoms with Gasteiger partial charge in [0.25, 0.3) is 0 Å². The van der Waals surface area contributed by atoms with Crippen molar-refractivity contribution in [2.24, 2.45) is 5.92 Å². The third kappa shape index (κ3) is 2.37. The van der Waals surface area contributed by atoms with Crippen LogP contribution in [0.1, 0.15) is 24.8 Å². The van der Waals surface area contributed by atoms with Crippen LogP contribution in [0, 0.1) is 5.92 Å². The number of ether oxygens (including phenoxy) is 2. The highest BCUT2D eigenvalue weighted by Crippen LogP contribution is 2.46. The van der Waals surface area contributed by atoms with Crippen molar-refractivity contribution in [1.29, 1.82) is 0 Å². The monoisotopic (exact) mass is 316 g/mol. The van der Waals surface area contributed by atoms with Gasteiger partial charge in [-0.1, -0.05) is 18.2 Å². The molecule has 0 radical (unpaired) electrons. The molecular formula is C17H20N2O4. The Labute approximate surface area is 134 Å². The second-order valence-corrected chi connectivity index (χ2v) is 6.59. The molecule has 3 aliphatic heterocycles. The van der Waals surface area contributed by atoms with Gasteiger partial charge in [-0.3, -0.25) is 9.59 Å². The van der Waals surface area contributed by atoms with Crippen LogP contribution in [0.15, 0.2) is 24.3 Å². The van der Waals surface area contributed by atoms with E-state index in [2.05, 4.69) is 5.32 Å². The highest BCUT2D eigenvalue weighted by Gasteiger charge is 2.52. The first-order valence-corrected chi connectivity index (χ1v) is 8.04. The van der Waals surface area contributed by atoms with Gasteiger partial charge in [-0.05, 0) is 18.6 Å². The molecule has 3 heterocycles. The molecule has 1 aromatic rings. The number of amides is 2. The predicted octanol–water partition coefficient (Wildman–Crippen LogP) is 0.874. The first kappa shape index (κ1) is 14.5. The van der Waals surface area contributed by atoms with Crippen LogP contribution in [-0.2, 0) is 14.3 Å². The molecule has 6 heteroatoms. The van der Waals surface area contributed by atoms with E-state index >= 15 is 0 Å². The van der Waals surface area contributed by atoms with Crippen molar-refractivity contribution < 1.29 is 19.1 Å². The molecule has 2 unspecified atom stereocenters. The van der Waals surface area contributed by atoms with Crippen molar-refractivity contribution in [2.75, 3.05) is 26.3 Å². The molecule has 4 rings (SSSR count). The quantitative estimate of drug-likeness (QED) is 0.781. The molecular weight excluding hydrogens is 296 g/mol. The molecule has 122 valence electrons. The second kappa shape index (κ2) is 5.23. The number of carbonyl (C=O) groups is 2. The average molecular weight is 316 g/mol. The van der Waals surface area contributed by atoms with Crippen LogP contribution >= 0.6 is 0 Å². The highest BCUT2D eigenvalue weighted by atomic mass is 16.5. The van der Waals surface area contributed by atoms with Crippen molar-refractivity contribution in [3.8, 4) is 5.75 Å². The van der Waals surface area contributed by atoms with Crippen LogP contribution < -0.4 is 10.1 Å². The maximum Gasteiger partial charge on any atom is 0.236 e. The number of carbonyl (C=O) groups excluding carboxylic acids is 2. The second-order valence-electron chi connectivity index (χ2n) is 6.59. The molecule has 1 aromatic carbocycles. The summed E-state index contributed by atoms with van der Waals surface area (Å²) in [5, 5.41) is 2.90. The van der Waals surface area contributed by atoms with E-state index in [1.807, 2.05) is 31.2 Å². The standard InChI is InChI=1S/C17H20N2O4/c1-17-10-12(11-4-2-3-5-13(11)23-17)14(15(20)18-17)16(21)19-6-8-22-9-7-19/h2-5,12,14H,6-10H2,1H3,(H,18,20)/t12?,14?,17-/m1/s1. The fraction of sp³-hybridized carbons (Fsp3) is 0.529. The zero-order chi connectivity index (χ0) is 16.0. The molecule has 1 N–H and O–H groups in total. The summed E-state index contributed by atoms with van der Waals surface area (Å²) >= 11 is 0. The zero-order valence-corrected chi connectivity index (χ0v) is 13.1. The van der Waals surface area contributed by atoms with Gasteiger partial charge < -0.3 is 19.7 Å². The average Bonchev–Trinajstić information content (AvgIpc) is 2.54. The van der Waals surface area contributed by atoms with Crippen LogP contribution in [0.2, 0.25) is 0 Å². The number of para-hydroxylation sites is 1. The number of nitrogens with zero attached hydrogens (tertiary/aromatic N) is 1. The van der Waals surface area contributed by atoms with E-state index in [0.29, 0.717) is 32.7 Å². The number of rotatable bonds is 1. The van der Waals surface area contributed by atoms with E-state index < -0.39 is 11.6 Å². The fourth-order valence-electron chi connectivity index (χ4n) is 3.85. The number of benzene rings is 1. The predicted molar refractivity (Wildman–Crippen MR) is 81.9 cm³/mol. The first-order chi connectivity index (χ1) is 11.1. The highest BCUT2D eigenvalue weighted by molar-refractivity contribution is 6.02. The van der Waals surface area contributed by atoms with Gasteiger partial charge in [0, 0.05) is 25.4 Å². The van der Waals surface area contributed by atoms with Gasteiger partial charge in [0.2, 0.25) is 11.8 Å². The molecule has 2 saturated heterocycles. The molecule has 0 spiro atoms. The third-order valence-corrected chi connectivity index (χ3v) is 4.92. The Kier molecular flexibility index (Phi) is 3.30. The van der Waals surface area contributed by atoms with Crippen molar-refractivity contribution in [1.82, 2.24) is 10.2 Å². The third-order valence-electron chi connectivity index (χ3n) is 4.92. The lowest BCUT2D eigenvalue weighted by atomic mass is 9.74. The number of morpholine rings is 1. The van der Waals surface area contributed by atoms with Gasteiger partial charge in [0.15, 0.2) is 5.72 Å². The molecule has 6 nitrogen and oxygen atoms in total. The van der Waals surface area contributed by atoms with Crippen molar-refractivity contribution in [3.63, 3.8) is 0 Å². The number of fused-ring (bicyclic) bond motifs is 4. The Morgan fingerprint density at radius 2 is 2.04 bits per heavy atom. The number of hydrogen-bond acceptors (Lipinski definition) is 4. The van der Waals surface area contributed by atoms with Gasteiger partial charge in [0.05, 0.1) is 13.2 Å². The van der Waals surface area contributed by atoms with Gasteiger partial charge >= 0.3 is 0 Å². The van der Waals surface area contributed by atoms with Crippen LogP contribution in [0.3, 0.4) is 0 Å². The lowest BCUT2D eigenvalue weighted by molar-refractivity contribution is -0.154. The molecule has 0 aromatic heterocycles. The summed E-state index contributed by atoms with van der Waals surface area (Å²) in [5.74, 6) is -0.421. The Balaban J connectivity index is 1.70. The first-order valence-electron chi connectivity index (χ1n) is 8.04. The minimum atomic E-state index is -0.738. The minimum absolute atomic E-state index is 0.102. The summed E-state index contributed by atoms with van der Waals surface area (Å²) in [6.07, 6.45) is 0.608. The minimum Gasteiger partial charge on any atom is -0.468 e. The topological polar surface area (TPSA) is 67.9 Å². The van der Waals surface area contributed by atoms with Crippen molar-refractivity contribution in [3.05, 3.63) is 29.8 Å². The van der Waals surface area contributed by atoms with Crippen LogP contribution in [-0.4, -0.2) is 48.7 Å². The van der Waals surface area contributed by atoms with Gasteiger partial charge in [-0.15, -0.1) is 0 Å². The summed E-state index contributed by atoms with van der Waals surface area (Å²) < 4.78 is 11.3. The van der Waals surface area contributed by atoms with E-state index in [1.165, 1.54) is 0 Å². The summed E-state index contributed by atoms with van der Waals surface area (Å²) in [6, 6.07) is 7.68. The van der Waals surface area contributed by atoms with Gasteiger partial charge in [-0.25, -0.2) is 0 Å². The number of hydrogen-bond donors (Lipinski definition) is 1. The lowest BCUT2D eigenvalue weighted by Gasteiger charge is -2.47. The van der Waals surface area contributed by atoms with Crippen molar-refractivity contribution in [2.45, 2.75) is 25.0 Å². The SMILES string of the molecule is C[C@]12CC(c3ccccc3O1)C(C(=O)N1CCOCC1)C(=O)N2. The Bertz CT molecular complexity index is 656. The molecule has 23 heavy (non-hydrogen) atoms. The van der Waals surface area contributed by atoms with E-state index in [4.69, 9.17) is 9.47 Å². The van der Waals surface area contributed by atoms with Crippen LogP contribution in [0.4, 0.5) is 0 Å². The smallest absolute Gasteiger partial charge is 0.236 e. The van der Waals surface area contributed by atoms with E-state index in [0.717, 1.165) is 11.3 Å². The van der Waals surface area contributed by atoms with Gasteiger partial charge in [0.1, 0.15) is 11.7 Å². The summed E-state index contributed by atoms with van der Waals surface area (Å²) in [4.78, 5) is 27.3. The summed E-state index contributed by atoms with van der Waals surface area (Å²) in [7, 11) is 0. The maximum atomic E-state index is 12.9. The lowest BCUT2D eigenvalue weighted by Crippen LogP contribution is -2.63. The van der Waals surface area contributed by atoms with Crippen molar-refractivity contribution >= 4 is 11.8 Å². The Hall–Kier alpha value is -2.08. The molecule has 3 aliphatic rings. The summed E-state index contributed by atoms with van der Waals surface area (Å²) in [6.45, 7) is 4.02. The Morgan fingerprint density at radius 3 is 2.83 bits per heavy atom. The van der Waals surface area contributed by atoms with Gasteiger partial charge in [-0.2, -0.15) is 0 Å². The largest absolute Gasteiger partial charge is 0.468 e. The van der Waals surface area contributed by atoms with E-state index in [1.54, 1.807) is 4.90 Å². The normalized spacial score (nSPS) is 32.6. The molecule has 2 fully saturated rings.